The number of halogens is 4. The van der Waals surface area contributed by atoms with Gasteiger partial charge in [-0.3, -0.25) is 10.6 Å². The molecule has 0 aliphatic heterocycles. The minimum atomic E-state index is -4.63. The predicted octanol–water partition coefficient (Wildman–Crippen LogP) is 5.26. The quantitative estimate of drug-likeness (QED) is 0.474. The van der Waals surface area contributed by atoms with Crippen LogP contribution < -0.4 is 10.6 Å². The van der Waals surface area contributed by atoms with Crippen molar-refractivity contribution >= 4 is 29.7 Å². The highest BCUT2D eigenvalue weighted by Gasteiger charge is 2.33. The summed E-state index contributed by atoms with van der Waals surface area (Å²) >= 11 is 5.80. The molecule has 7 nitrogen and oxygen atoms in total. The number of alkyl halides is 3. The lowest BCUT2D eigenvalue weighted by molar-refractivity contribution is -0.138. The van der Waals surface area contributed by atoms with E-state index in [1.54, 1.807) is 41.5 Å². The first kappa shape index (κ1) is 25.5. The van der Waals surface area contributed by atoms with Gasteiger partial charge in [-0.15, -0.1) is 0 Å². The summed E-state index contributed by atoms with van der Waals surface area (Å²) in [5, 5.41) is 4.47. The fourth-order valence-electron chi connectivity index (χ4n) is 2.04. The van der Waals surface area contributed by atoms with Crippen molar-refractivity contribution in [3.63, 3.8) is 0 Å². The third kappa shape index (κ3) is 9.82. The van der Waals surface area contributed by atoms with Crippen LogP contribution in [0.1, 0.15) is 52.7 Å². The van der Waals surface area contributed by atoms with Gasteiger partial charge in [-0.25, -0.2) is 14.6 Å². The standard InChI is InChI=1S/C19H25ClF3N3O4/c1-17(2,3)29-15(27)25-14(26-16(28)30-18(4,5)6)24-10-11-9-12(20)7-8-13(11)19(21,22)23/h7-9H,10H2,1-6H3,(H2,24,25,26,27,28). The molecule has 0 aliphatic rings. The maximum atomic E-state index is 13.2. The summed E-state index contributed by atoms with van der Waals surface area (Å²) in [6.45, 7) is 9.17. The largest absolute Gasteiger partial charge is 0.444 e. The van der Waals surface area contributed by atoms with Crippen molar-refractivity contribution in [2.24, 2.45) is 4.99 Å². The average molecular weight is 452 g/mol. The van der Waals surface area contributed by atoms with Crippen molar-refractivity contribution in [2.75, 3.05) is 0 Å². The SMILES string of the molecule is CC(C)(C)OC(=O)NC(=NCc1cc(Cl)ccc1C(F)(F)F)NC(=O)OC(C)(C)C. The van der Waals surface area contributed by atoms with E-state index in [-0.39, 0.29) is 10.6 Å². The highest BCUT2D eigenvalue weighted by molar-refractivity contribution is 6.30. The molecule has 0 fully saturated rings. The molecule has 1 aromatic carbocycles. The molecule has 30 heavy (non-hydrogen) atoms. The molecule has 168 valence electrons. The smallest absolute Gasteiger partial charge is 0.416 e. The van der Waals surface area contributed by atoms with Gasteiger partial charge in [0.2, 0.25) is 5.96 Å². The number of hydrogen-bond donors (Lipinski definition) is 2. The van der Waals surface area contributed by atoms with Crippen LogP contribution in [0.15, 0.2) is 23.2 Å². The first-order valence-corrected chi connectivity index (χ1v) is 9.24. The number of carbonyl (C=O) groups excluding carboxylic acids is 2. The first-order chi connectivity index (χ1) is 13.5. The maximum absolute atomic E-state index is 13.2. The second kappa shape index (κ2) is 9.55. The van der Waals surface area contributed by atoms with Crippen molar-refractivity contribution in [3.8, 4) is 0 Å². The molecular weight excluding hydrogens is 427 g/mol. The van der Waals surface area contributed by atoms with E-state index in [1.165, 1.54) is 0 Å². The zero-order valence-corrected chi connectivity index (χ0v) is 18.3. The van der Waals surface area contributed by atoms with E-state index < -0.39 is 47.6 Å². The van der Waals surface area contributed by atoms with Crippen molar-refractivity contribution in [3.05, 3.63) is 34.3 Å². The van der Waals surface area contributed by atoms with Crippen LogP contribution >= 0.6 is 11.6 Å². The fourth-order valence-corrected chi connectivity index (χ4v) is 2.24. The van der Waals surface area contributed by atoms with Gasteiger partial charge in [-0.1, -0.05) is 11.6 Å². The van der Waals surface area contributed by atoms with E-state index in [1.807, 2.05) is 0 Å². The summed E-state index contributed by atoms with van der Waals surface area (Å²) in [7, 11) is 0. The molecule has 2 N–H and O–H groups in total. The average Bonchev–Trinajstić information content (AvgIpc) is 2.47. The molecule has 0 aliphatic carbocycles. The zero-order chi connectivity index (χ0) is 23.3. The number of ether oxygens (including phenoxy) is 2. The molecule has 0 saturated carbocycles. The van der Waals surface area contributed by atoms with Gasteiger partial charge >= 0.3 is 18.4 Å². The zero-order valence-electron chi connectivity index (χ0n) is 17.5. The van der Waals surface area contributed by atoms with Crippen LogP contribution in [-0.2, 0) is 22.2 Å². The Morgan fingerprint density at radius 3 is 1.83 bits per heavy atom. The summed E-state index contributed by atoms with van der Waals surface area (Å²) in [6, 6.07) is 3.04. The van der Waals surface area contributed by atoms with E-state index in [2.05, 4.69) is 15.6 Å². The van der Waals surface area contributed by atoms with Crippen molar-refractivity contribution in [2.45, 2.75) is 65.5 Å². The van der Waals surface area contributed by atoms with Gasteiger partial charge in [-0.2, -0.15) is 13.2 Å². The summed E-state index contributed by atoms with van der Waals surface area (Å²) in [5.74, 6) is -0.438. The number of carbonyl (C=O) groups is 2. The number of hydrogen-bond acceptors (Lipinski definition) is 5. The molecule has 0 unspecified atom stereocenters. The summed E-state index contributed by atoms with van der Waals surface area (Å²) in [4.78, 5) is 27.9. The molecule has 1 rings (SSSR count). The van der Waals surface area contributed by atoms with Crippen LogP contribution in [-0.4, -0.2) is 29.3 Å². The minimum Gasteiger partial charge on any atom is -0.444 e. The Hall–Kier alpha value is -2.49. The summed E-state index contributed by atoms with van der Waals surface area (Å²) in [6.07, 6.45) is -6.55. The number of nitrogens with zero attached hydrogens (tertiary/aromatic N) is 1. The highest BCUT2D eigenvalue weighted by atomic mass is 35.5. The van der Waals surface area contributed by atoms with Gasteiger partial charge in [0.05, 0.1) is 12.1 Å². The summed E-state index contributed by atoms with van der Waals surface area (Å²) in [5.41, 5.74) is -2.89. The maximum Gasteiger partial charge on any atom is 0.416 e. The van der Waals surface area contributed by atoms with Crippen molar-refractivity contribution in [1.82, 2.24) is 10.6 Å². The predicted molar refractivity (Wildman–Crippen MR) is 106 cm³/mol. The normalized spacial score (nSPS) is 12.1. The van der Waals surface area contributed by atoms with Crippen LogP contribution in [0.25, 0.3) is 0 Å². The Kier molecular flexibility index (Phi) is 8.13. The number of nitrogens with one attached hydrogen (secondary N) is 2. The molecule has 11 heteroatoms. The van der Waals surface area contributed by atoms with Gasteiger partial charge in [0, 0.05) is 5.02 Å². The van der Waals surface area contributed by atoms with E-state index >= 15 is 0 Å². The number of benzene rings is 1. The lowest BCUT2D eigenvalue weighted by Crippen LogP contribution is -2.47. The van der Waals surface area contributed by atoms with Gasteiger partial charge < -0.3 is 9.47 Å². The molecule has 1 aromatic rings. The number of rotatable bonds is 2. The molecule has 0 atom stereocenters. The number of guanidine groups is 1. The number of aliphatic imine (C=N–C) groups is 1. The topological polar surface area (TPSA) is 89.0 Å². The van der Waals surface area contributed by atoms with Gasteiger partial charge in [0.1, 0.15) is 11.2 Å². The lowest BCUT2D eigenvalue weighted by Gasteiger charge is -2.22. The molecule has 0 bridgehead atoms. The molecule has 0 aromatic heterocycles. The molecule has 2 amide bonds. The van der Waals surface area contributed by atoms with E-state index in [4.69, 9.17) is 21.1 Å². The second-order valence-corrected chi connectivity index (χ2v) is 8.65. The van der Waals surface area contributed by atoms with Gasteiger partial charge in [0.25, 0.3) is 0 Å². The Morgan fingerprint density at radius 1 is 0.967 bits per heavy atom. The fraction of sp³-hybridized carbons (Fsp3) is 0.526. The second-order valence-electron chi connectivity index (χ2n) is 8.22. The Morgan fingerprint density at radius 2 is 1.43 bits per heavy atom. The highest BCUT2D eigenvalue weighted by Crippen LogP contribution is 2.33. The van der Waals surface area contributed by atoms with Crippen molar-refractivity contribution < 1.29 is 32.2 Å². The van der Waals surface area contributed by atoms with Crippen LogP contribution in [0, 0.1) is 0 Å². The van der Waals surface area contributed by atoms with Crippen LogP contribution in [0.5, 0.6) is 0 Å². The van der Waals surface area contributed by atoms with Crippen LogP contribution in [0.3, 0.4) is 0 Å². The third-order valence-electron chi connectivity index (χ3n) is 3.02. The van der Waals surface area contributed by atoms with Crippen LogP contribution in [0.4, 0.5) is 22.8 Å². The van der Waals surface area contributed by atoms with E-state index in [0.717, 1.165) is 18.2 Å². The molecule has 0 radical (unpaired) electrons. The van der Waals surface area contributed by atoms with Gasteiger partial charge in [0.15, 0.2) is 0 Å². The molecule has 0 heterocycles. The molecular formula is C19H25ClF3N3O4. The van der Waals surface area contributed by atoms with Crippen LogP contribution in [0.2, 0.25) is 5.02 Å². The Balaban J connectivity index is 3.15. The molecule has 0 spiro atoms. The third-order valence-corrected chi connectivity index (χ3v) is 3.25. The number of alkyl carbamates (subject to hydrolysis) is 2. The first-order valence-electron chi connectivity index (χ1n) is 8.86. The van der Waals surface area contributed by atoms with E-state index in [9.17, 15) is 22.8 Å². The van der Waals surface area contributed by atoms with Gasteiger partial charge in [-0.05, 0) is 65.3 Å². The monoisotopic (exact) mass is 451 g/mol. The van der Waals surface area contributed by atoms with Crippen molar-refractivity contribution in [1.29, 1.82) is 0 Å². The van der Waals surface area contributed by atoms with E-state index in [0.29, 0.717) is 0 Å². The summed E-state index contributed by atoms with van der Waals surface area (Å²) < 4.78 is 49.8. The lowest BCUT2D eigenvalue weighted by atomic mass is 10.1. The Bertz CT molecular complexity index is 781. The Labute approximate surface area is 178 Å². The minimum absolute atomic E-state index is 0.0787. The molecule has 0 saturated heterocycles. The number of amides is 2.